The molecule has 19 heteroatoms. The smallest absolute Gasteiger partial charge is 0.420 e. The molecule has 0 unspecified atom stereocenters. The minimum atomic E-state index is -5.30. The predicted octanol–water partition coefficient (Wildman–Crippen LogP) is 9.18. The van der Waals surface area contributed by atoms with Crippen molar-refractivity contribution in [1.82, 2.24) is 19.9 Å². The highest BCUT2D eigenvalue weighted by atomic mass is 35.5. The number of thiophene rings is 1. The van der Waals surface area contributed by atoms with Crippen molar-refractivity contribution in [3.05, 3.63) is 82.1 Å². The van der Waals surface area contributed by atoms with Crippen molar-refractivity contribution in [1.29, 1.82) is 5.26 Å². The third-order valence-corrected chi connectivity index (χ3v) is 12.0. The molecule has 296 valence electrons. The van der Waals surface area contributed by atoms with Crippen molar-refractivity contribution in [3.8, 4) is 29.0 Å². The molecule has 3 aromatic heterocycles. The number of ether oxygens (including phenoxy) is 2. The van der Waals surface area contributed by atoms with E-state index in [2.05, 4.69) is 21.5 Å². The summed E-state index contributed by atoms with van der Waals surface area (Å²) in [7, 11) is 0. The number of nitrogen functional groups attached to an aromatic ring is 2. The van der Waals surface area contributed by atoms with E-state index in [0.717, 1.165) is 12.1 Å². The molecule has 2 saturated heterocycles. The molecule has 5 aromatic rings. The highest BCUT2D eigenvalue weighted by Crippen LogP contribution is 2.54. The number of pyridine rings is 1. The Morgan fingerprint density at radius 3 is 2.70 bits per heavy atom. The Balaban J connectivity index is 1.42. The number of nitrogens with two attached hydrogens (primary N) is 2. The van der Waals surface area contributed by atoms with Crippen LogP contribution in [-0.2, 0) is 6.18 Å². The fraction of sp³-hybridized carbons (Fsp3) is 0.316. The van der Waals surface area contributed by atoms with E-state index in [1.54, 1.807) is 11.0 Å². The molecular formula is C38H30ClF7N8O2S. The Hall–Kier alpha value is -5.38. The fourth-order valence-electron chi connectivity index (χ4n) is 8.34. The second-order valence-corrected chi connectivity index (χ2v) is 15.5. The van der Waals surface area contributed by atoms with Crippen molar-refractivity contribution < 1.29 is 40.2 Å². The molecule has 2 fully saturated rings. The topological polar surface area (TPSA) is 139 Å². The van der Waals surface area contributed by atoms with Gasteiger partial charge in [-0.3, -0.25) is 4.90 Å². The Bertz CT molecular complexity index is 2570. The summed E-state index contributed by atoms with van der Waals surface area (Å²) in [4.78, 5) is 16.5. The Kier molecular flexibility index (Phi) is 9.60. The number of hydrogen-bond donors (Lipinski definition) is 2. The SMILES string of the molecule is C=CC[C@H](c1cc(Cl)cnc1N)N1CCOc2c(C(F)(F)F)c(-c3ccc(F)c4sc(N)c(C#N)c34)c(F)c3nc(OC[C@@]45CCCN4CC(=C(F)F)C5)nc1c23. The molecule has 10 nitrogen and oxygen atoms in total. The Morgan fingerprint density at radius 2 is 1.98 bits per heavy atom. The van der Waals surface area contributed by atoms with Crippen LogP contribution < -0.4 is 25.8 Å². The molecule has 0 amide bonds. The van der Waals surface area contributed by atoms with Gasteiger partial charge in [0.05, 0.1) is 38.8 Å². The van der Waals surface area contributed by atoms with Crippen LogP contribution in [-0.4, -0.2) is 58.2 Å². The van der Waals surface area contributed by atoms with Crippen LogP contribution in [0.1, 0.15) is 48.4 Å². The number of anilines is 3. The average Bonchev–Trinajstić information content (AvgIpc) is 3.80. The van der Waals surface area contributed by atoms with Crippen molar-refractivity contribution in [2.24, 2.45) is 0 Å². The molecule has 0 spiro atoms. The molecule has 2 aromatic carbocycles. The second-order valence-electron chi connectivity index (χ2n) is 14.0. The third kappa shape index (κ3) is 6.32. The lowest BCUT2D eigenvalue weighted by molar-refractivity contribution is -0.138. The summed E-state index contributed by atoms with van der Waals surface area (Å²) in [6.07, 6.45) is -2.90. The van der Waals surface area contributed by atoms with Gasteiger partial charge < -0.3 is 25.8 Å². The van der Waals surface area contributed by atoms with Gasteiger partial charge in [-0.15, -0.1) is 17.9 Å². The van der Waals surface area contributed by atoms with Crippen LogP contribution in [0.4, 0.5) is 47.4 Å². The quantitative estimate of drug-likeness (QED) is 0.115. The maximum absolute atomic E-state index is 17.6. The molecule has 3 aliphatic heterocycles. The standard InChI is InChI=1S/C38H30ClF7N8O2S/c1-2-4-23(20-11-18(39)14-50-33(20)48)54-9-10-55-30-26-29(51-36(52-35(26)54)56-16-37-7-3-8-53(37)15-17(12-37)32(42)43)28(41)25(27(30)38(44,45)46)19-5-6-22(40)31-24(19)21(13-47)34(49)57-31/h2,5-6,11,14,23H,1,3-4,7-10,12,15-16,49H2,(H2,48,50)/t23-,37+/m1/s1. The number of halogens is 8. The normalized spacial score (nSPS) is 18.7. The summed E-state index contributed by atoms with van der Waals surface area (Å²) in [5, 5.41) is 9.21. The van der Waals surface area contributed by atoms with Crippen LogP contribution in [0.15, 0.2) is 48.7 Å². The van der Waals surface area contributed by atoms with Gasteiger partial charge in [-0.2, -0.15) is 37.2 Å². The maximum atomic E-state index is 17.6. The van der Waals surface area contributed by atoms with Crippen LogP contribution in [0, 0.1) is 23.0 Å². The van der Waals surface area contributed by atoms with Crippen molar-refractivity contribution in [3.63, 3.8) is 0 Å². The minimum absolute atomic E-state index is 0.00134. The van der Waals surface area contributed by atoms with E-state index in [0.29, 0.717) is 36.3 Å². The van der Waals surface area contributed by atoms with Gasteiger partial charge in [0, 0.05) is 34.8 Å². The van der Waals surface area contributed by atoms with Crippen LogP contribution in [0.25, 0.3) is 32.1 Å². The molecule has 0 radical (unpaired) electrons. The summed E-state index contributed by atoms with van der Waals surface area (Å²) >= 11 is 6.96. The number of nitriles is 1. The van der Waals surface area contributed by atoms with Crippen molar-refractivity contribution in [2.75, 3.05) is 49.2 Å². The van der Waals surface area contributed by atoms with Gasteiger partial charge in [0.2, 0.25) is 0 Å². The summed E-state index contributed by atoms with van der Waals surface area (Å²) in [6.45, 7) is 3.67. The number of nitrogens with zero attached hydrogens (tertiary/aromatic N) is 6. The molecule has 3 aliphatic rings. The minimum Gasteiger partial charge on any atom is -0.490 e. The molecular weight excluding hydrogens is 801 g/mol. The summed E-state index contributed by atoms with van der Waals surface area (Å²) in [6, 6.07) is 3.84. The number of fused-ring (bicyclic) bond motifs is 2. The number of alkyl halides is 3. The molecule has 0 bridgehead atoms. The zero-order valence-electron chi connectivity index (χ0n) is 29.6. The van der Waals surface area contributed by atoms with Gasteiger partial charge in [-0.25, -0.2) is 13.8 Å². The van der Waals surface area contributed by atoms with Crippen LogP contribution in [0.5, 0.6) is 11.8 Å². The maximum Gasteiger partial charge on any atom is 0.420 e. The molecule has 0 aliphatic carbocycles. The Labute approximate surface area is 328 Å². The van der Waals surface area contributed by atoms with Gasteiger partial charge in [-0.05, 0) is 49.9 Å². The summed E-state index contributed by atoms with van der Waals surface area (Å²) in [5.41, 5.74) is 7.69. The van der Waals surface area contributed by atoms with Gasteiger partial charge in [0.15, 0.2) is 5.82 Å². The first kappa shape index (κ1) is 38.5. The molecule has 4 N–H and O–H groups in total. The van der Waals surface area contributed by atoms with Crippen molar-refractivity contribution >= 4 is 60.6 Å². The van der Waals surface area contributed by atoms with Gasteiger partial charge >= 0.3 is 12.2 Å². The highest BCUT2D eigenvalue weighted by Gasteiger charge is 2.49. The van der Waals surface area contributed by atoms with Crippen LogP contribution in [0.3, 0.4) is 0 Å². The van der Waals surface area contributed by atoms with E-state index in [9.17, 15) is 14.0 Å². The number of aromatic nitrogens is 3. The fourth-order valence-corrected chi connectivity index (χ4v) is 9.46. The van der Waals surface area contributed by atoms with Crippen LogP contribution in [0.2, 0.25) is 5.02 Å². The van der Waals surface area contributed by atoms with E-state index in [4.69, 9.17) is 32.5 Å². The van der Waals surface area contributed by atoms with E-state index in [1.165, 1.54) is 12.3 Å². The monoisotopic (exact) mass is 830 g/mol. The highest BCUT2D eigenvalue weighted by molar-refractivity contribution is 7.23. The van der Waals surface area contributed by atoms with Gasteiger partial charge in [-0.1, -0.05) is 23.7 Å². The first-order chi connectivity index (χ1) is 27.2. The lowest BCUT2D eigenvalue weighted by atomic mass is 9.91. The van der Waals surface area contributed by atoms with Gasteiger partial charge in [0.25, 0.3) is 6.08 Å². The third-order valence-electron chi connectivity index (χ3n) is 10.8. The lowest BCUT2D eigenvalue weighted by Gasteiger charge is -2.33. The predicted molar refractivity (Wildman–Crippen MR) is 201 cm³/mol. The lowest BCUT2D eigenvalue weighted by Crippen LogP contribution is -2.43. The average molecular weight is 831 g/mol. The molecule has 2 atom stereocenters. The molecule has 6 heterocycles. The first-order valence-corrected chi connectivity index (χ1v) is 18.7. The van der Waals surface area contributed by atoms with Crippen LogP contribution >= 0.6 is 22.9 Å². The summed E-state index contributed by atoms with van der Waals surface area (Å²) < 4.78 is 119. The number of hydrogen-bond acceptors (Lipinski definition) is 11. The Morgan fingerprint density at radius 1 is 1.19 bits per heavy atom. The van der Waals surface area contributed by atoms with E-state index < -0.39 is 81.4 Å². The number of rotatable bonds is 8. The largest absolute Gasteiger partial charge is 0.490 e. The van der Waals surface area contributed by atoms with Crippen molar-refractivity contribution in [2.45, 2.75) is 43.4 Å². The zero-order chi connectivity index (χ0) is 40.6. The molecule has 0 saturated carbocycles. The zero-order valence-corrected chi connectivity index (χ0v) is 31.2. The van der Waals surface area contributed by atoms with E-state index in [1.807, 2.05) is 11.0 Å². The van der Waals surface area contributed by atoms with E-state index >= 15 is 22.0 Å². The summed E-state index contributed by atoms with van der Waals surface area (Å²) in [5.74, 6) is -3.39. The van der Waals surface area contributed by atoms with E-state index in [-0.39, 0.29) is 75.4 Å². The molecule has 57 heavy (non-hydrogen) atoms. The molecule has 8 rings (SSSR count). The van der Waals surface area contributed by atoms with Gasteiger partial charge in [0.1, 0.15) is 58.6 Å². The first-order valence-electron chi connectivity index (χ1n) is 17.5. The number of benzene rings is 2. The second kappa shape index (κ2) is 14.2.